The van der Waals surface area contributed by atoms with Crippen LogP contribution in [0.3, 0.4) is 0 Å². The number of ether oxygens (including phenoxy) is 1. The quantitative estimate of drug-likeness (QED) is 0.532. The molecule has 28 heavy (non-hydrogen) atoms. The number of urea groups is 1. The second kappa shape index (κ2) is 12.4. The molecule has 2 aromatic carbocycles. The molecule has 0 saturated heterocycles. The molecule has 0 saturated carbocycles. The van der Waals surface area contributed by atoms with Crippen molar-refractivity contribution in [3.63, 3.8) is 0 Å². The SMILES string of the molecule is CCN(CC)CCOC(=O)c1ccc(NC(=O)Nc2ccc(Br)cc2)cc1.Cl. The van der Waals surface area contributed by atoms with Crippen LogP contribution in [0.4, 0.5) is 16.2 Å². The lowest BCUT2D eigenvalue weighted by atomic mass is 10.2. The van der Waals surface area contributed by atoms with Crippen LogP contribution >= 0.6 is 28.3 Å². The maximum atomic E-state index is 12.1. The van der Waals surface area contributed by atoms with Crippen LogP contribution in [0.2, 0.25) is 0 Å². The van der Waals surface area contributed by atoms with Crippen LogP contribution in [0.1, 0.15) is 24.2 Å². The molecule has 0 aromatic heterocycles. The van der Waals surface area contributed by atoms with Gasteiger partial charge in [-0.25, -0.2) is 9.59 Å². The summed E-state index contributed by atoms with van der Waals surface area (Å²) in [6, 6.07) is 13.5. The molecule has 152 valence electrons. The third-order valence-corrected chi connectivity index (χ3v) is 4.54. The molecule has 8 heteroatoms. The number of rotatable bonds is 8. The number of amides is 2. The summed E-state index contributed by atoms with van der Waals surface area (Å²) in [6.45, 7) is 7.08. The summed E-state index contributed by atoms with van der Waals surface area (Å²) in [6.07, 6.45) is 0. The highest BCUT2D eigenvalue weighted by Gasteiger charge is 2.09. The molecule has 0 aliphatic rings. The Morgan fingerprint density at radius 3 is 1.93 bits per heavy atom. The minimum Gasteiger partial charge on any atom is -0.461 e. The number of halogens is 2. The highest BCUT2D eigenvalue weighted by atomic mass is 79.9. The second-order valence-electron chi connectivity index (χ2n) is 5.83. The van der Waals surface area contributed by atoms with E-state index in [0.717, 1.165) is 17.6 Å². The van der Waals surface area contributed by atoms with Gasteiger partial charge in [-0.3, -0.25) is 0 Å². The first-order chi connectivity index (χ1) is 13.0. The number of likely N-dealkylation sites (N-methyl/N-ethyl adjacent to an activating group) is 1. The molecule has 2 aromatic rings. The van der Waals surface area contributed by atoms with Gasteiger partial charge in [0.05, 0.1) is 5.56 Å². The predicted octanol–water partition coefficient (Wildman–Crippen LogP) is 5.01. The third-order valence-electron chi connectivity index (χ3n) is 4.02. The molecular weight excluding hydrogens is 446 g/mol. The van der Waals surface area contributed by atoms with Crippen molar-refractivity contribution in [2.75, 3.05) is 36.9 Å². The number of carbonyl (C=O) groups is 2. The normalized spacial score (nSPS) is 10.1. The monoisotopic (exact) mass is 469 g/mol. The van der Waals surface area contributed by atoms with Gasteiger partial charge in [0.2, 0.25) is 0 Å². The van der Waals surface area contributed by atoms with E-state index in [1.54, 1.807) is 36.4 Å². The summed E-state index contributed by atoms with van der Waals surface area (Å²) in [5.74, 6) is -0.368. The van der Waals surface area contributed by atoms with Crippen LogP contribution in [0, 0.1) is 0 Å². The van der Waals surface area contributed by atoms with E-state index in [0.29, 0.717) is 30.1 Å². The van der Waals surface area contributed by atoms with Gasteiger partial charge >= 0.3 is 12.0 Å². The maximum absolute atomic E-state index is 12.1. The molecule has 2 rings (SSSR count). The molecule has 0 heterocycles. The van der Waals surface area contributed by atoms with Crippen LogP contribution in [-0.2, 0) is 4.74 Å². The lowest BCUT2D eigenvalue weighted by Crippen LogP contribution is -2.27. The molecule has 0 unspecified atom stereocenters. The molecule has 0 bridgehead atoms. The van der Waals surface area contributed by atoms with E-state index in [4.69, 9.17) is 4.74 Å². The van der Waals surface area contributed by atoms with E-state index < -0.39 is 0 Å². The molecule has 0 spiro atoms. The Labute approximate surface area is 180 Å². The van der Waals surface area contributed by atoms with Crippen molar-refractivity contribution < 1.29 is 14.3 Å². The molecule has 2 amide bonds. The highest BCUT2D eigenvalue weighted by Crippen LogP contribution is 2.15. The molecule has 0 aliphatic carbocycles. The second-order valence-corrected chi connectivity index (χ2v) is 6.74. The standard InChI is InChI=1S/C20H24BrN3O3.ClH/c1-3-24(4-2)13-14-27-19(25)15-5-9-17(10-6-15)22-20(26)23-18-11-7-16(21)8-12-18;/h5-12H,3-4,13-14H2,1-2H3,(H2,22,23,26);1H. The van der Waals surface area contributed by atoms with Gasteiger partial charge in [0, 0.05) is 22.4 Å². The van der Waals surface area contributed by atoms with Crippen molar-refractivity contribution in [1.29, 1.82) is 0 Å². The first kappa shape index (κ1) is 23.9. The summed E-state index contributed by atoms with van der Waals surface area (Å²) in [4.78, 5) is 26.3. The van der Waals surface area contributed by atoms with Crippen molar-refractivity contribution >= 4 is 51.7 Å². The Morgan fingerprint density at radius 1 is 0.929 bits per heavy atom. The van der Waals surface area contributed by atoms with Gasteiger partial charge in [0.1, 0.15) is 6.61 Å². The maximum Gasteiger partial charge on any atom is 0.338 e. The van der Waals surface area contributed by atoms with Crippen molar-refractivity contribution in [2.45, 2.75) is 13.8 Å². The summed E-state index contributed by atoms with van der Waals surface area (Å²) in [5, 5.41) is 5.46. The number of nitrogens with one attached hydrogen (secondary N) is 2. The Hall–Kier alpha value is -2.09. The number of hydrogen-bond acceptors (Lipinski definition) is 4. The molecular formula is C20H25BrClN3O3. The summed E-state index contributed by atoms with van der Waals surface area (Å²) >= 11 is 3.35. The smallest absolute Gasteiger partial charge is 0.338 e. The lowest BCUT2D eigenvalue weighted by Gasteiger charge is -2.17. The number of anilines is 2. The topological polar surface area (TPSA) is 70.7 Å². The van der Waals surface area contributed by atoms with Gasteiger partial charge in [-0.05, 0) is 61.6 Å². The van der Waals surface area contributed by atoms with E-state index in [1.165, 1.54) is 0 Å². The fourth-order valence-corrected chi connectivity index (χ4v) is 2.67. The largest absolute Gasteiger partial charge is 0.461 e. The van der Waals surface area contributed by atoms with Crippen molar-refractivity contribution in [3.05, 3.63) is 58.6 Å². The highest BCUT2D eigenvalue weighted by molar-refractivity contribution is 9.10. The van der Waals surface area contributed by atoms with Crippen LogP contribution in [-0.4, -0.2) is 43.1 Å². The average Bonchev–Trinajstić information content (AvgIpc) is 2.67. The minimum atomic E-state index is -0.368. The zero-order valence-corrected chi connectivity index (χ0v) is 18.3. The lowest BCUT2D eigenvalue weighted by molar-refractivity contribution is 0.0466. The summed E-state index contributed by atoms with van der Waals surface area (Å²) in [5.41, 5.74) is 1.72. The van der Waals surface area contributed by atoms with E-state index >= 15 is 0 Å². The average molecular weight is 471 g/mol. The number of nitrogens with zero attached hydrogens (tertiary/aromatic N) is 1. The number of benzene rings is 2. The number of esters is 1. The Balaban J connectivity index is 0.00000392. The first-order valence-electron chi connectivity index (χ1n) is 8.85. The molecule has 6 nitrogen and oxygen atoms in total. The Bertz CT molecular complexity index is 750. The summed E-state index contributed by atoms with van der Waals surface area (Å²) in [7, 11) is 0. The number of carbonyl (C=O) groups excluding carboxylic acids is 2. The van der Waals surface area contributed by atoms with Gasteiger partial charge in [0.25, 0.3) is 0 Å². The van der Waals surface area contributed by atoms with Gasteiger partial charge in [0.15, 0.2) is 0 Å². The fourth-order valence-electron chi connectivity index (χ4n) is 2.41. The van der Waals surface area contributed by atoms with Gasteiger partial charge < -0.3 is 20.3 Å². The molecule has 0 aliphatic heterocycles. The zero-order valence-electron chi connectivity index (χ0n) is 15.9. The number of hydrogen-bond donors (Lipinski definition) is 2. The predicted molar refractivity (Wildman–Crippen MR) is 119 cm³/mol. The van der Waals surface area contributed by atoms with Crippen molar-refractivity contribution in [3.8, 4) is 0 Å². The molecule has 2 N–H and O–H groups in total. The van der Waals surface area contributed by atoms with Gasteiger partial charge in [-0.15, -0.1) is 12.4 Å². The van der Waals surface area contributed by atoms with E-state index in [1.807, 2.05) is 12.1 Å². The summed E-state index contributed by atoms with van der Waals surface area (Å²) < 4.78 is 6.23. The van der Waals surface area contributed by atoms with Crippen LogP contribution in [0.15, 0.2) is 53.0 Å². The fraction of sp³-hybridized carbons (Fsp3) is 0.300. The van der Waals surface area contributed by atoms with E-state index in [-0.39, 0.29) is 24.4 Å². The van der Waals surface area contributed by atoms with Crippen LogP contribution < -0.4 is 10.6 Å². The van der Waals surface area contributed by atoms with Crippen molar-refractivity contribution in [2.24, 2.45) is 0 Å². The van der Waals surface area contributed by atoms with E-state index in [9.17, 15) is 9.59 Å². The molecule has 0 fully saturated rings. The minimum absolute atomic E-state index is 0. The third kappa shape index (κ3) is 7.88. The Morgan fingerprint density at radius 2 is 1.43 bits per heavy atom. The van der Waals surface area contributed by atoms with E-state index in [2.05, 4.69) is 45.3 Å². The Kier molecular flexibility index (Phi) is 10.6. The van der Waals surface area contributed by atoms with Crippen LogP contribution in [0.25, 0.3) is 0 Å². The molecule has 0 atom stereocenters. The van der Waals surface area contributed by atoms with Gasteiger partial charge in [-0.1, -0.05) is 29.8 Å². The van der Waals surface area contributed by atoms with Crippen molar-refractivity contribution in [1.82, 2.24) is 4.90 Å². The molecule has 0 radical (unpaired) electrons. The van der Waals surface area contributed by atoms with Gasteiger partial charge in [-0.2, -0.15) is 0 Å². The first-order valence-corrected chi connectivity index (χ1v) is 9.64. The zero-order chi connectivity index (χ0) is 19.6. The van der Waals surface area contributed by atoms with Crippen LogP contribution in [0.5, 0.6) is 0 Å².